The Morgan fingerprint density at radius 1 is 1.00 bits per heavy atom. The van der Waals surface area contributed by atoms with Crippen LogP contribution < -0.4 is 10.6 Å². The zero-order valence-electron chi connectivity index (χ0n) is 12.3. The van der Waals surface area contributed by atoms with Gasteiger partial charge >= 0.3 is 11.8 Å². The average molecular weight is 333 g/mol. The molecule has 2 aromatic carbocycles. The highest BCUT2D eigenvalue weighted by molar-refractivity contribution is 6.39. The summed E-state index contributed by atoms with van der Waals surface area (Å²) in [5.74, 6) is -1.53. The Kier molecular flexibility index (Phi) is 6.14. The van der Waals surface area contributed by atoms with Gasteiger partial charge in [0.1, 0.15) is 0 Å². The van der Waals surface area contributed by atoms with Gasteiger partial charge in [0.2, 0.25) is 0 Å². The summed E-state index contributed by atoms with van der Waals surface area (Å²) in [4.78, 5) is 24.0. The van der Waals surface area contributed by atoms with Crippen molar-refractivity contribution in [2.75, 3.05) is 11.9 Å². The number of hydrogen-bond donors (Lipinski definition) is 3. The van der Waals surface area contributed by atoms with Crippen molar-refractivity contribution in [3.8, 4) is 0 Å². The third kappa shape index (κ3) is 5.09. The maximum Gasteiger partial charge on any atom is 0.313 e. The standard InChI is InChI=1S/C17H17ClN2O3/c18-13-6-8-14(9-7-13)19-16(22)17(23)20-15(10-11-21)12-4-2-1-3-5-12/h1-9,15,21H,10-11H2,(H,19,22)(H,20,23). The summed E-state index contributed by atoms with van der Waals surface area (Å²) in [6.07, 6.45) is 0.323. The molecule has 120 valence electrons. The van der Waals surface area contributed by atoms with Crippen molar-refractivity contribution in [3.63, 3.8) is 0 Å². The molecule has 2 rings (SSSR count). The third-order valence-electron chi connectivity index (χ3n) is 3.23. The lowest BCUT2D eigenvalue weighted by Crippen LogP contribution is -2.38. The first-order chi connectivity index (χ1) is 11.1. The fourth-order valence-corrected chi connectivity index (χ4v) is 2.21. The fourth-order valence-electron chi connectivity index (χ4n) is 2.08. The third-order valence-corrected chi connectivity index (χ3v) is 3.49. The van der Waals surface area contributed by atoms with Gasteiger partial charge in [0.25, 0.3) is 0 Å². The summed E-state index contributed by atoms with van der Waals surface area (Å²) in [6, 6.07) is 15.2. The van der Waals surface area contributed by atoms with E-state index < -0.39 is 17.9 Å². The number of halogens is 1. The van der Waals surface area contributed by atoms with Crippen LogP contribution in [0.15, 0.2) is 54.6 Å². The molecule has 0 saturated heterocycles. The highest BCUT2D eigenvalue weighted by Crippen LogP contribution is 2.16. The predicted molar refractivity (Wildman–Crippen MR) is 89.1 cm³/mol. The maximum atomic E-state index is 12.0. The second-order valence-electron chi connectivity index (χ2n) is 4.91. The number of aliphatic hydroxyl groups is 1. The van der Waals surface area contributed by atoms with Gasteiger partial charge in [-0.15, -0.1) is 0 Å². The molecular formula is C17H17ClN2O3. The molecule has 0 heterocycles. The Hall–Kier alpha value is -2.37. The number of carbonyl (C=O) groups is 2. The molecule has 0 aliphatic carbocycles. The molecule has 0 aromatic heterocycles. The summed E-state index contributed by atoms with van der Waals surface area (Å²) >= 11 is 5.77. The van der Waals surface area contributed by atoms with Crippen LogP contribution in [0.25, 0.3) is 0 Å². The van der Waals surface area contributed by atoms with E-state index in [2.05, 4.69) is 10.6 Å². The first-order valence-electron chi connectivity index (χ1n) is 7.13. The molecule has 5 nitrogen and oxygen atoms in total. The van der Waals surface area contributed by atoms with Crippen molar-refractivity contribution < 1.29 is 14.7 Å². The SMILES string of the molecule is O=C(Nc1ccc(Cl)cc1)C(=O)NC(CCO)c1ccccc1. The van der Waals surface area contributed by atoms with Crippen molar-refractivity contribution in [3.05, 3.63) is 65.2 Å². The Morgan fingerprint density at radius 2 is 1.65 bits per heavy atom. The summed E-state index contributed by atoms with van der Waals surface area (Å²) in [5.41, 5.74) is 1.31. The molecule has 6 heteroatoms. The monoisotopic (exact) mass is 332 g/mol. The van der Waals surface area contributed by atoms with E-state index in [1.54, 1.807) is 24.3 Å². The van der Waals surface area contributed by atoms with Gasteiger partial charge in [0.15, 0.2) is 0 Å². The molecule has 2 aromatic rings. The van der Waals surface area contributed by atoms with Crippen LogP contribution in [-0.4, -0.2) is 23.5 Å². The minimum Gasteiger partial charge on any atom is -0.396 e. The number of carbonyl (C=O) groups excluding carboxylic acids is 2. The van der Waals surface area contributed by atoms with Gasteiger partial charge in [-0.3, -0.25) is 9.59 Å². The smallest absolute Gasteiger partial charge is 0.313 e. The van der Waals surface area contributed by atoms with E-state index in [4.69, 9.17) is 16.7 Å². The largest absolute Gasteiger partial charge is 0.396 e. The van der Waals surface area contributed by atoms with Crippen molar-refractivity contribution in [2.24, 2.45) is 0 Å². The Balaban J connectivity index is 2.00. The molecule has 1 atom stereocenters. The van der Waals surface area contributed by atoms with Crippen molar-refractivity contribution in [1.29, 1.82) is 0 Å². The van der Waals surface area contributed by atoms with Gasteiger partial charge in [0, 0.05) is 17.3 Å². The van der Waals surface area contributed by atoms with Crippen LogP contribution in [0.1, 0.15) is 18.0 Å². The first-order valence-corrected chi connectivity index (χ1v) is 7.51. The van der Waals surface area contributed by atoms with Crippen LogP contribution in [0, 0.1) is 0 Å². The number of anilines is 1. The normalized spacial score (nSPS) is 11.6. The summed E-state index contributed by atoms with van der Waals surface area (Å²) in [6.45, 7) is -0.0986. The minimum absolute atomic E-state index is 0.0986. The Morgan fingerprint density at radius 3 is 2.26 bits per heavy atom. The quantitative estimate of drug-likeness (QED) is 0.736. The Bertz CT molecular complexity index is 659. The van der Waals surface area contributed by atoms with Crippen molar-refractivity contribution in [2.45, 2.75) is 12.5 Å². The molecule has 23 heavy (non-hydrogen) atoms. The predicted octanol–water partition coefficient (Wildman–Crippen LogP) is 2.52. The molecule has 0 spiro atoms. The van der Waals surface area contributed by atoms with E-state index in [-0.39, 0.29) is 6.61 Å². The summed E-state index contributed by atoms with van der Waals surface area (Å²) in [5, 5.41) is 14.8. The molecule has 1 unspecified atom stereocenters. The lowest BCUT2D eigenvalue weighted by molar-refractivity contribution is -0.136. The molecule has 0 radical (unpaired) electrons. The summed E-state index contributed by atoms with van der Waals surface area (Å²) < 4.78 is 0. The van der Waals surface area contributed by atoms with Crippen LogP contribution >= 0.6 is 11.6 Å². The minimum atomic E-state index is -0.772. The van der Waals surface area contributed by atoms with E-state index >= 15 is 0 Å². The number of amides is 2. The van der Waals surface area contributed by atoms with Gasteiger partial charge in [-0.05, 0) is 36.2 Å². The van der Waals surface area contributed by atoms with Gasteiger partial charge in [-0.2, -0.15) is 0 Å². The fraction of sp³-hybridized carbons (Fsp3) is 0.176. The number of benzene rings is 2. The van der Waals surface area contributed by atoms with Gasteiger partial charge in [0.05, 0.1) is 6.04 Å². The lowest BCUT2D eigenvalue weighted by Gasteiger charge is -2.18. The highest BCUT2D eigenvalue weighted by atomic mass is 35.5. The summed E-state index contributed by atoms with van der Waals surface area (Å²) in [7, 11) is 0. The number of nitrogens with one attached hydrogen (secondary N) is 2. The molecule has 0 saturated carbocycles. The van der Waals surface area contributed by atoms with E-state index in [9.17, 15) is 9.59 Å². The van der Waals surface area contributed by atoms with Crippen LogP contribution in [0.2, 0.25) is 5.02 Å². The first kappa shape index (κ1) is 17.0. The average Bonchev–Trinajstić information content (AvgIpc) is 2.57. The van der Waals surface area contributed by atoms with Crippen LogP contribution in [0.5, 0.6) is 0 Å². The highest BCUT2D eigenvalue weighted by Gasteiger charge is 2.19. The van der Waals surface area contributed by atoms with Crippen LogP contribution in [0.4, 0.5) is 5.69 Å². The molecule has 0 aliphatic rings. The Labute approximate surface area is 139 Å². The molecule has 3 N–H and O–H groups in total. The van der Waals surface area contributed by atoms with E-state index in [1.165, 1.54) is 0 Å². The second-order valence-corrected chi connectivity index (χ2v) is 5.35. The lowest BCUT2D eigenvalue weighted by atomic mass is 10.0. The molecule has 0 aliphatic heterocycles. The van der Waals surface area contributed by atoms with E-state index in [1.807, 2.05) is 30.3 Å². The zero-order valence-corrected chi connectivity index (χ0v) is 13.1. The second kappa shape index (κ2) is 8.31. The molecule has 0 fully saturated rings. The van der Waals surface area contributed by atoms with Gasteiger partial charge in [-0.25, -0.2) is 0 Å². The maximum absolute atomic E-state index is 12.0. The van der Waals surface area contributed by atoms with Gasteiger partial charge < -0.3 is 15.7 Å². The van der Waals surface area contributed by atoms with Crippen LogP contribution in [0.3, 0.4) is 0 Å². The van der Waals surface area contributed by atoms with Crippen LogP contribution in [-0.2, 0) is 9.59 Å². The number of aliphatic hydroxyl groups excluding tert-OH is 1. The molecular weight excluding hydrogens is 316 g/mol. The van der Waals surface area contributed by atoms with E-state index in [0.717, 1.165) is 5.56 Å². The van der Waals surface area contributed by atoms with Crippen molar-refractivity contribution in [1.82, 2.24) is 5.32 Å². The van der Waals surface area contributed by atoms with Gasteiger partial charge in [-0.1, -0.05) is 41.9 Å². The van der Waals surface area contributed by atoms with Crippen molar-refractivity contribution >= 4 is 29.1 Å². The van der Waals surface area contributed by atoms with E-state index in [0.29, 0.717) is 17.1 Å². The number of hydrogen-bond acceptors (Lipinski definition) is 3. The molecule has 0 bridgehead atoms. The number of rotatable bonds is 5. The zero-order chi connectivity index (χ0) is 16.7. The molecule has 2 amide bonds. The topological polar surface area (TPSA) is 78.4 Å².